The molecule has 1 saturated heterocycles. The van der Waals surface area contributed by atoms with Crippen LogP contribution >= 0.6 is 0 Å². The van der Waals surface area contributed by atoms with E-state index in [1.165, 1.54) is 0 Å². The van der Waals surface area contributed by atoms with E-state index in [1.54, 1.807) is 43.0 Å². The lowest BCUT2D eigenvalue weighted by Gasteiger charge is -2.38. The minimum atomic E-state index is -0.546. The number of anilines is 2. The van der Waals surface area contributed by atoms with Gasteiger partial charge in [0.15, 0.2) is 5.82 Å². The third kappa shape index (κ3) is 5.74. The van der Waals surface area contributed by atoms with E-state index in [1.807, 2.05) is 45.9 Å². The third-order valence-electron chi connectivity index (χ3n) is 6.01. The molecule has 0 bridgehead atoms. The van der Waals surface area contributed by atoms with Gasteiger partial charge in [-0.2, -0.15) is 0 Å². The molecule has 1 fully saturated rings. The Morgan fingerprint density at radius 3 is 2.50 bits per heavy atom. The quantitative estimate of drug-likeness (QED) is 0.312. The molecular weight excluding hydrogens is 482 g/mol. The van der Waals surface area contributed by atoms with Crippen LogP contribution in [0.2, 0.25) is 0 Å². The number of aromatic nitrogens is 3. The number of hydrogen-bond acceptors (Lipinski definition) is 9. The largest absolute Gasteiger partial charge is 0.457 e. The van der Waals surface area contributed by atoms with Crippen molar-refractivity contribution in [3.63, 3.8) is 0 Å². The van der Waals surface area contributed by atoms with Gasteiger partial charge < -0.3 is 14.2 Å². The monoisotopic (exact) mass is 513 g/mol. The molecule has 0 radical (unpaired) electrons. The van der Waals surface area contributed by atoms with Crippen LogP contribution in [-0.2, 0) is 9.47 Å². The number of aryl methyl sites for hydroxylation is 1. The van der Waals surface area contributed by atoms with Crippen LogP contribution in [0, 0.1) is 6.92 Å². The summed E-state index contributed by atoms with van der Waals surface area (Å²) < 4.78 is 17.2. The number of benzene rings is 2. The number of carbonyl (C=O) groups excluding carboxylic acids is 1. The molecule has 1 aliphatic heterocycles. The van der Waals surface area contributed by atoms with Gasteiger partial charge >= 0.3 is 5.97 Å². The summed E-state index contributed by atoms with van der Waals surface area (Å²) in [6.45, 7) is 10.3. The summed E-state index contributed by atoms with van der Waals surface area (Å²) in [6.07, 6.45) is 5.06. The fraction of sp³-hybridized carbons (Fsp3) is 0.310. The summed E-state index contributed by atoms with van der Waals surface area (Å²) in [5.74, 6) is 1.77. The number of rotatable bonds is 6. The number of fused-ring (bicyclic) bond motifs is 1. The topological polar surface area (TPSA) is 89.9 Å². The minimum absolute atomic E-state index is 0.360. The number of ether oxygens (including phenoxy) is 3. The molecule has 2 aromatic carbocycles. The van der Waals surface area contributed by atoms with Crippen LogP contribution in [0.4, 0.5) is 11.5 Å². The summed E-state index contributed by atoms with van der Waals surface area (Å²) in [5.41, 5.74) is 2.62. The summed E-state index contributed by atoms with van der Waals surface area (Å²) in [6, 6.07) is 14.9. The smallest absolute Gasteiger partial charge is 0.338 e. The van der Waals surface area contributed by atoms with Crippen molar-refractivity contribution in [1.82, 2.24) is 20.0 Å². The summed E-state index contributed by atoms with van der Waals surface area (Å²) in [7, 11) is 0. The molecule has 38 heavy (non-hydrogen) atoms. The molecule has 1 aliphatic rings. The van der Waals surface area contributed by atoms with E-state index < -0.39 is 5.60 Å². The summed E-state index contributed by atoms with van der Waals surface area (Å²) >= 11 is 0. The highest BCUT2D eigenvalue weighted by Gasteiger charge is 2.25. The van der Waals surface area contributed by atoms with Gasteiger partial charge in [0, 0.05) is 24.7 Å². The molecule has 4 aromatic rings. The Labute approximate surface area is 222 Å². The Morgan fingerprint density at radius 1 is 1.03 bits per heavy atom. The molecule has 5 rings (SSSR count). The maximum atomic E-state index is 12.3. The molecule has 2 aromatic heterocycles. The van der Waals surface area contributed by atoms with Gasteiger partial charge in [-0.1, -0.05) is 0 Å². The zero-order chi connectivity index (χ0) is 26.7. The lowest BCUT2D eigenvalue weighted by atomic mass is 10.1. The van der Waals surface area contributed by atoms with E-state index in [-0.39, 0.29) is 5.97 Å². The van der Waals surface area contributed by atoms with Crippen molar-refractivity contribution in [3.05, 3.63) is 78.4 Å². The predicted molar refractivity (Wildman–Crippen MR) is 145 cm³/mol. The van der Waals surface area contributed by atoms with Crippen molar-refractivity contribution in [2.75, 3.05) is 31.3 Å². The van der Waals surface area contributed by atoms with Crippen molar-refractivity contribution in [2.45, 2.75) is 33.3 Å². The standard InChI is InChI=1S/C29H31N5O4/c1-20-17-22(7-10-26(20)37-23-8-5-21(6-9-23)28(35)38-29(2,3)4)34(33-13-15-36-16-14-33)27-24-11-12-30-18-25(24)31-19-32-27/h5-12,17-19H,13-16H2,1-4H3. The Kier molecular flexibility index (Phi) is 7.22. The SMILES string of the molecule is Cc1cc(N(c2ncnc3cnccc23)N2CCOCC2)ccc1Oc1ccc(C(=O)OC(C)(C)C)cc1. The number of hydrogen-bond donors (Lipinski definition) is 0. The highest BCUT2D eigenvalue weighted by molar-refractivity contribution is 5.91. The summed E-state index contributed by atoms with van der Waals surface area (Å²) in [4.78, 5) is 25.6. The first-order chi connectivity index (χ1) is 18.3. The number of hydrazine groups is 1. The van der Waals surface area contributed by atoms with E-state index >= 15 is 0 Å². The van der Waals surface area contributed by atoms with Crippen LogP contribution < -0.4 is 9.75 Å². The van der Waals surface area contributed by atoms with E-state index in [4.69, 9.17) is 14.2 Å². The minimum Gasteiger partial charge on any atom is -0.457 e. The number of nitrogens with zero attached hydrogens (tertiary/aromatic N) is 5. The molecule has 0 spiro atoms. The lowest BCUT2D eigenvalue weighted by Crippen LogP contribution is -2.47. The molecule has 0 aliphatic carbocycles. The highest BCUT2D eigenvalue weighted by atomic mass is 16.6. The van der Waals surface area contributed by atoms with Crippen LogP contribution in [0.15, 0.2) is 67.3 Å². The molecular formula is C29H31N5O4. The average molecular weight is 514 g/mol. The van der Waals surface area contributed by atoms with Gasteiger partial charge in [0.05, 0.1) is 36.2 Å². The van der Waals surface area contributed by atoms with Crippen LogP contribution in [0.5, 0.6) is 11.5 Å². The first-order valence-electron chi connectivity index (χ1n) is 12.6. The highest BCUT2D eigenvalue weighted by Crippen LogP contribution is 2.35. The van der Waals surface area contributed by atoms with Gasteiger partial charge in [0.2, 0.25) is 0 Å². The predicted octanol–water partition coefficient (Wildman–Crippen LogP) is 5.47. The third-order valence-corrected chi connectivity index (χ3v) is 6.01. The van der Waals surface area contributed by atoms with Crippen LogP contribution in [0.25, 0.3) is 10.9 Å². The fourth-order valence-corrected chi connectivity index (χ4v) is 4.24. The molecule has 0 unspecified atom stereocenters. The first kappa shape index (κ1) is 25.6. The van der Waals surface area contributed by atoms with Crippen LogP contribution in [0.3, 0.4) is 0 Å². The fourth-order valence-electron chi connectivity index (χ4n) is 4.24. The van der Waals surface area contributed by atoms with Gasteiger partial charge in [0.1, 0.15) is 23.4 Å². The molecule has 0 atom stereocenters. The molecule has 9 heteroatoms. The van der Waals surface area contributed by atoms with Crippen molar-refractivity contribution >= 4 is 28.4 Å². The second-order valence-corrected chi connectivity index (χ2v) is 10.0. The maximum absolute atomic E-state index is 12.3. The average Bonchev–Trinajstić information content (AvgIpc) is 2.90. The molecule has 9 nitrogen and oxygen atoms in total. The van der Waals surface area contributed by atoms with Crippen molar-refractivity contribution in [1.29, 1.82) is 0 Å². The van der Waals surface area contributed by atoms with E-state index in [0.717, 1.165) is 46.8 Å². The van der Waals surface area contributed by atoms with Crippen LogP contribution in [-0.4, -0.2) is 57.8 Å². The zero-order valence-corrected chi connectivity index (χ0v) is 22.0. The lowest BCUT2D eigenvalue weighted by molar-refractivity contribution is 0.00695. The van der Waals surface area contributed by atoms with Crippen LogP contribution in [0.1, 0.15) is 36.7 Å². The normalized spacial score (nSPS) is 14.3. The number of esters is 1. The Morgan fingerprint density at radius 2 is 1.79 bits per heavy atom. The molecule has 0 saturated carbocycles. The van der Waals surface area contributed by atoms with E-state index in [2.05, 4.69) is 31.0 Å². The number of morpholine rings is 1. The number of carbonyl (C=O) groups is 1. The van der Waals surface area contributed by atoms with Gasteiger partial charge in [-0.05, 0) is 81.8 Å². The van der Waals surface area contributed by atoms with Gasteiger partial charge in [-0.25, -0.2) is 19.8 Å². The van der Waals surface area contributed by atoms with E-state index in [0.29, 0.717) is 24.5 Å². The van der Waals surface area contributed by atoms with Gasteiger partial charge in [-0.3, -0.25) is 9.99 Å². The zero-order valence-electron chi connectivity index (χ0n) is 22.0. The molecule has 0 amide bonds. The molecule has 3 heterocycles. The maximum Gasteiger partial charge on any atom is 0.338 e. The molecule has 0 N–H and O–H groups in total. The van der Waals surface area contributed by atoms with Crippen molar-refractivity contribution < 1.29 is 19.0 Å². The second-order valence-electron chi connectivity index (χ2n) is 10.0. The van der Waals surface area contributed by atoms with Gasteiger partial charge in [-0.15, -0.1) is 0 Å². The summed E-state index contributed by atoms with van der Waals surface area (Å²) in [5, 5.41) is 5.27. The molecule has 196 valence electrons. The Hall–Kier alpha value is -4.08. The van der Waals surface area contributed by atoms with Crippen molar-refractivity contribution in [3.8, 4) is 11.5 Å². The van der Waals surface area contributed by atoms with E-state index in [9.17, 15) is 4.79 Å². The Balaban J connectivity index is 1.42. The van der Waals surface area contributed by atoms with Gasteiger partial charge in [0.25, 0.3) is 0 Å². The Bertz CT molecular complexity index is 1420. The first-order valence-corrected chi connectivity index (χ1v) is 12.6. The number of pyridine rings is 1. The van der Waals surface area contributed by atoms with Crippen molar-refractivity contribution in [2.24, 2.45) is 0 Å². The second kappa shape index (κ2) is 10.7.